The summed E-state index contributed by atoms with van der Waals surface area (Å²) in [6.45, 7) is 6.20. The second-order valence-corrected chi connectivity index (χ2v) is 9.86. The predicted octanol–water partition coefficient (Wildman–Crippen LogP) is 4.36. The van der Waals surface area contributed by atoms with Crippen LogP contribution in [0, 0.1) is 33.8 Å². The van der Waals surface area contributed by atoms with Crippen LogP contribution in [0.15, 0.2) is 24.3 Å². The van der Waals surface area contributed by atoms with Crippen molar-refractivity contribution < 1.29 is 38.4 Å². The number of hydrogen-bond acceptors (Lipinski definition) is 9. The molecule has 1 aromatic rings. The van der Waals surface area contributed by atoms with Crippen LogP contribution in [0.5, 0.6) is 5.75 Å². The molecule has 5 aliphatic rings. The van der Waals surface area contributed by atoms with E-state index in [0.717, 1.165) is 25.7 Å². The summed E-state index contributed by atoms with van der Waals surface area (Å²) in [7, 11) is 0. The molecule has 1 spiro atoms. The molecule has 2 bridgehead atoms. The molecule has 0 amide bonds. The van der Waals surface area contributed by atoms with Gasteiger partial charge in [-0.2, -0.15) is 0 Å². The lowest BCUT2D eigenvalue weighted by Crippen LogP contribution is -2.70. The number of benzene rings is 1. The summed E-state index contributed by atoms with van der Waals surface area (Å²) >= 11 is 0. The predicted molar refractivity (Wildman–Crippen MR) is 112 cm³/mol. The molecule has 180 valence electrons. The van der Waals surface area contributed by atoms with E-state index in [4.69, 9.17) is 28.7 Å². The SMILES string of the molecule is CC1CCC2C(C)C(COC(=O)Oc3ccc([N+](=O)[O-])cc3)OC3OC4(C)CCC1C32OO4. The van der Waals surface area contributed by atoms with Crippen LogP contribution in [-0.2, 0) is 24.0 Å². The van der Waals surface area contributed by atoms with E-state index in [1.54, 1.807) is 0 Å². The van der Waals surface area contributed by atoms with Crippen LogP contribution < -0.4 is 4.74 Å². The molecular formula is C23H29NO9. The molecule has 1 saturated carbocycles. The average molecular weight is 463 g/mol. The number of nitro groups is 1. The van der Waals surface area contributed by atoms with Crippen LogP contribution in [0.1, 0.15) is 46.5 Å². The Kier molecular flexibility index (Phi) is 5.59. The van der Waals surface area contributed by atoms with Crippen molar-refractivity contribution in [1.29, 1.82) is 0 Å². The highest BCUT2D eigenvalue weighted by Crippen LogP contribution is 2.60. The Balaban J connectivity index is 1.27. The molecule has 4 heterocycles. The van der Waals surface area contributed by atoms with E-state index in [9.17, 15) is 14.9 Å². The molecule has 4 aliphatic heterocycles. The minimum atomic E-state index is -0.898. The van der Waals surface area contributed by atoms with Crippen molar-refractivity contribution in [1.82, 2.24) is 0 Å². The van der Waals surface area contributed by atoms with E-state index < -0.39 is 34.9 Å². The zero-order chi connectivity index (χ0) is 23.4. The number of non-ortho nitro benzene ring substituents is 1. The fraction of sp³-hybridized carbons (Fsp3) is 0.696. The van der Waals surface area contributed by atoms with Crippen molar-refractivity contribution in [3.63, 3.8) is 0 Å². The molecule has 8 atom stereocenters. The van der Waals surface area contributed by atoms with Gasteiger partial charge in [0.05, 0.1) is 11.0 Å². The summed E-state index contributed by atoms with van der Waals surface area (Å²) in [6, 6.07) is 5.21. The van der Waals surface area contributed by atoms with E-state index >= 15 is 0 Å². The second kappa shape index (κ2) is 8.19. The molecule has 1 aromatic carbocycles. The Morgan fingerprint density at radius 2 is 1.91 bits per heavy atom. The quantitative estimate of drug-likeness (QED) is 0.211. The maximum absolute atomic E-state index is 12.2. The molecule has 8 unspecified atom stereocenters. The van der Waals surface area contributed by atoms with Gasteiger partial charge in [-0.1, -0.05) is 13.8 Å². The number of carbonyl (C=O) groups is 1. The highest BCUT2D eigenvalue weighted by atomic mass is 17.3. The van der Waals surface area contributed by atoms with Crippen molar-refractivity contribution in [2.75, 3.05) is 6.61 Å². The third kappa shape index (κ3) is 3.78. The number of ether oxygens (including phenoxy) is 4. The first kappa shape index (κ1) is 22.5. The van der Waals surface area contributed by atoms with Crippen LogP contribution in [-0.4, -0.2) is 41.5 Å². The van der Waals surface area contributed by atoms with Crippen molar-refractivity contribution in [2.45, 2.75) is 70.2 Å². The average Bonchev–Trinajstić information content (AvgIpc) is 3.01. The lowest BCUT2D eigenvalue weighted by atomic mass is 9.57. The summed E-state index contributed by atoms with van der Waals surface area (Å²) in [5.41, 5.74) is -0.755. The van der Waals surface area contributed by atoms with E-state index in [1.807, 2.05) is 6.92 Å². The maximum atomic E-state index is 12.2. The molecule has 33 heavy (non-hydrogen) atoms. The number of nitrogens with zero attached hydrogens (tertiary/aromatic N) is 1. The number of rotatable bonds is 4. The summed E-state index contributed by atoms with van der Waals surface area (Å²) in [5.74, 6) is 0.212. The van der Waals surface area contributed by atoms with Crippen LogP contribution in [0.4, 0.5) is 10.5 Å². The third-order valence-electron chi connectivity index (χ3n) is 7.91. The number of carbonyl (C=O) groups excluding carboxylic acids is 1. The molecule has 6 rings (SSSR count). The molecule has 4 saturated heterocycles. The van der Waals surface area contributed by atoms with Gasteiger partial charge >= 0.3 is 6.16 Å². The second-order valence-electron chi connectivity index (χ2n) is 9.86. The maximum Gasteiger partial charge on any atom is 0.513 e. The Bertz CT molecular complexity index is 923. The summed E-state index contributed by atoms with van der Waals surface area (Å²) in [5, 5.41) is 10.8. The van der Waals surface area contributed by atoms with Crippen molar-refractivity contribution in [3.8, 4) is 5.75 Å². The highest BCUT2D eigenvalue weighted by molar-refractivity contribution is 5.64. The Hall–Kier alpha value is -2.27. The van der Waals surface area contributed by atoms with Crippen LogP contribution in [0.3, 0.4) is 0 Å². The fourth-order valence-electron chi connectivity index (χ4n) is 6.08. The standard InChI is InChI=1S/C23H29NO9/c1-13-4-9-18-14(2)19(12-28-21(25)29-16-7-5-15(6-8-16)24(26)27)30-20-23(18)17(13)10-11-22(3,31-20)32-33-23/h5-8,13-14,17-20H,4,9-12H2,1-3H3. The molecule has 0 aromatic heterocycles. The largest absolute Gasteiger partial charge is 0.513 e. The van der Waals surface area contributed by atoms with Gasteiger partial charge in [-0.3, -0.25) is 10.1 Å². The summed E-state index contributed by atoms with van der Waals surface area (Å²) in [4.78, 5) is 34.4. The van der Waals surface area contributed by atoms with Crippen LogP contribution >= 0.6 is 0 Å². The minimum Gasteiger partial charge on any atom is -0.431 e. The minimum absolute atomic E-state index is 0.00276. The van der Waals surface area contributed by atoms with Gasteiger partial charge in [0.1, 0.15) is 12.4 Å². The smallest absolute Gasteiger partial charge is 0.431 e. The molecular weight excluding hydrogens is 434 g/mol. The normalized spacial score (nSPS) is 41.5. The zero-order valence-electron chi connectivity index (χ0n) is 18.9. The topological polar surface area (TPSA) is 116 Å². The Morgan fingerprint density at radius 3 is 2.64 bits per heavy atom. The first-order valence-corrected chi connectivity index (χ1v) is 11.5. The number of hydrogen-bond donors (Lipinski definition) is 0. The summed E-state index contributed by atoms with van der Waals surface area (Å²) < 4.78 is 23.2. The van der Waals surface area contributed by atoms with Gasteiger partial charge in [0.25, 0.3) is 5.69 Å². The Morgan fingerprint density at radius 1 is 1.15 bits per heavy atom. The lowest BCUT2D eigenvalue weighted by molar-refractivity contribution is -0.571. The highest BCUT2D eigenvalue weighted by Gasteiger charge is 2.69. The molecule has 1 aliphatic carbocycles. The van der Waals surface area contributed by atoms with E-state index in [2.05, 4.69) is 13.8 Å². The molecule has 5 fully saturated rings. The molecule has 0 radical (unpaired) electrons. The number of nitro benzene ring substituents is 1. The lowest BCUT2D eigenvalue weighted by Gasteiger charge is -2.60. The molecule has 10 nitrogen and oxygen atoms in total. The van der Waals surface area contributed by atoms with Gasteiger partial charge < -0.3 is 18.9 Å². The zero-order valence-corrected chi connectivity index (χ0v) is 18.9. The first-order valence-electron chi connectivity index (χ1n) is 11.5. The van der Waals surface area contributed by atoms with Gasteiger partial charge in [-0.05, 0) is 56.1 Å². The van der Waals surface area contributed by atoms with Gasteiger partial charge in [0, 0.05) is 24.5 Å². The first-order chi connectivity index (χ1) is 15.7. The van der Waals surface area contributed by atoms with Crippen molar-refractivity contribution in [3.05, 3.63) is 34.4 Å². The van der Waals surface area contributed by atoms with Gasteiger partial charge in [0.2, 0.25) is 5.79 Å². The van der Waals surface area contributed by atoms with Gasteiger partial charge in [-0.25, -0.2) is 14.6 Å². The van der Waals surface area contributed by atoms with Crippen LogP contribution in [0.2, 0.25) is 0 Å². The Labute approximate surface area is 191 Å². The van der Waals surface area contributed by atoms with Gasteiger partial charge in [0.15, 0.2) is 11.9 Å². The van der Waals surface area contributed by atoms with E-state index in [-0.39, 0.29) is 35.8 Å². The van der Waals surface area contributed by atoms with Crippen molar-refractivity contribution >= 4 is 11.8 Å². The summed E-state index contributed by atoms with van der Waals surface area (Å²) in [6.07, 6.45) is 1.82. The molecule has 0 N–H and O–H groups in total. The van der Waals surface area contributed by atoms with E-state index in [1.165, 1.54) is 24.3 Å². The molecule has 10 heteroatoms. The third-order valence-corrected chi connectivity index (χ3v) is 7.91. The van der Waals surface area contributed by atoms with Gasteiger partial charge in [-0.15, -0.1) is 0 Å². The fourth-order valence-corrected chi connectivity index (χ4v) is 6.08. The van der Waals surface area contributed by atoms with Crippen LogP contribution in [0.25, 0.3) is 0 Å². The van der Waals surface area contributed by atoms with Crippen molar-refractivity contribution in [2.24, 2.45) is 23.7 Å². The number of fused-ring (bicyclic) bond motifs is 2. The monoisotopic (exact) mass is 463 g/mol. The van der Waals surface area contributed by atoms with E-state index in [0.29, 0.717) is 5.92 Å².